The van der Waals surface area contributed by atoms with E-state index < -0.39 is 5.41 Å². The van der Waals surface area contributed by atoms with Crippen LogP contribution in [0.3, 0.4) is 0 Å². The lowest BCUT2D eigenvalue weighted by Crippen LogP contribution is -2.45. The van der Waals surface area contributed by atoms with E-state index in [0.717, 1.165) is 66.8 Å². The zero-order valence-electron chi connectivity index (χ0n) is 47.8. The molecule has 0 unspecified atom stereocenters. The maximum Gasteiger partial charge on any atom is 0.119 e. The summed E-state index contributed by atoms with van der Waals surface area (Å²) in [5.74, 6) is 16.0. The summed E-state index contributed by atoms with van der Waals surface area (Å²) in [7, 11) is 0. The first-order chi connectivity index (χ1) is 39.4. The number of ether oxygens (including phenoxy) is 4. The van der Waals surface area contributed by atoms with E-state index in [1.165, 1.54) is 0 Å². The van der Waals surface area contributed by atoms with Crippen LogP contribution in [-0.2, 0) is 0 Å². The topological polar surface area (TPSA) is 86.4 Å². The van der Waals surface area contributed by atoms with Gasteiger partial charge in [-0.25, -0.2) is 20.0 Å². The second-order valence-corrected chi connectivity index (χ2v) is 21.1. The number of nitrogens with zero attached hydrogens (tertiary/aromatic N) is 4. The number of rotatable bonds is 24. The van der Waals surface area contributed by atoms with Gasteiger partial charge in [0.1, 0.15) is 54.8 Å². The number of hydrogen-bond donors (Lipinski definition) is 0. The van der Waals surface area contributed by atoms with Crippen LogP contribution in [0.2, 0.25) is 0 Å². The van der Waals surface area contributed by atoms with Gasteiger partial charge in [0.15, 0.2) is 0 Å². The van der Waals surface area contributed by atoms with Crippen LogP contribution in [0, 0.1) is 5.41 Å². The molecule has 0 spiro atoms. The Bertz CT molecular complexity index is 3050. The van der Waals surface area contributed by atoms with Gasteiger partial charge in [-0.2, -0.15) is 0 Å². The van der Waals surface area contributed by atoms with Crippen molar-refractivity contribution in [1.82, 2.24) is 0 Å². The molecule has 0 aromatic heterocycles. The largest absolute Gasteiger partial charge is 0.493 e. The summed E-state index contributed by atoms with van der Waals surface area (Å²) in [4.78, 5) is 18.6. The lowest BCUT2D eigenvalue weighted by atomic mass is 9.91. The second-order valence-electron chi connectivity index (χ2n) is 21.1. The number of hydrogen-bond acceptors (Lipinski definition) is 8. The Morgan fingerprint density at radius 2 is 0.444 bits per heavy atom. The van der Waals surface area contributed by atoms with Crippen molar-refractivity contribution in [2.75, 3.05) is 26.4 Å². The Hall–Kier alpha value is -9.24. The fourth-order valence-corrected chi connectivity index (χ4v) is 8.44. The monoisotopic (exact) mass is 1070 g/mol. The quantitative estimate of drug-likeness (QED) is 0.0564. The number of aliphatic imine (C=N–C) groups is 4. The summed E-state index contributed by atoms with van der Waals surface area (Å²) >= 11 is 0. The fourth-order valence-electron chi connectivity index (χ4n) is 8.44. The first-order valence-electron chi connectivity index (χ1n) is 27.9. The van der Waals surface area contributed by atoms with E-state index in [0.29, 0.717) is 23.0 Å². The van der Waals surface area contributed by atoms with Crippen molar-refractivity contribution in [3.8, 4) is 23.0 Å². The van der Waals surface area contributed by atoms with Crippen molar-refractivity contribution < 1.29 is 18.9 Å². The van der Waals surface area contributed by atoms with Gasteiger partial charge in [0, 0.05) is 0 Å². The zero-order chi connectivity index (χ0) is 56.8. The SMILES string of the molecule is CC(C)N=C=C(c1ccccc1)c1ccc(OCC(COc2ccc(C(=C=NC(C)C)c3ccccc3)cc2)(COc2ccc(C(=C=NC(C)C)c3ccccc3)cc2)COc2ccc(C(=C=NC(C)C)c3ccccc3)cc2)cc1. The molecule has 8 aromatic rings. The Balaban J connectivity index is 1.15. The van der Waals surface area contributed by atoms with Gasteiger partial charge in [-0.05, 0) is 220 Å². The molecule has 0 atom stereocenters. The highest BCUT2D eigenvalue weighted by Crippen LogP contribution is 2.32. The summed E-state index contributed by atoms with van der Waals surface area (Å²) in [6, 6.07) is 73.5. The average molecular weight is 1070 g/mol. The lowest BCUT2D eigenvalue weighted by Gasteiger charge is -2.33. The molecular weight excluding hydrogens is 997 g/mol. The normalized spacial score (nSPS) is 11.5. The summed E-state index contributed by atoms with van der Waals surface area (Å²) < 4.78 is 27.4. The van der Waals surface area contributed by atoms with Crippen LogP contribution in [0.25, 0.3) is 22.3 Å². The van der Waals surface area contributed by atoms with Crippen LogP contribution in [0.15, 0.2) is 238 Å². The predicted octanol–water partition coefficient (Wildman–Crippen LogP) is 16.3. The van der Waals surface area contributed by atoms with Gasteiger partial charge in [-0.15, -0.1) is 0 Å². The molecule has 0 amide bonds. The fraction of sp³-hybridized carbons (Fsp3) is 0.233. The molecule has 0 saturated carbocycles. The standard InChI is InChI=1S/C73H72N4O4/c1-53(2)74-45-69(57-21-13-9-14-22-57)61-29-37-65(38-30-61)78-49-73(50-79-66-39-31-62(32-40-66)70(46-75-54(3)4)58-23-15-10-16-24-58,51-80-67-41-33-63(34-42-67)71(47-76-55(5)6)59-25-17-11-18-26-59)52-81-68-43-35-64(36-44-68)72(48-77-56(7)8)60-27-19-12-20-28-60/h9-44,53-56H,49-52H2,1-8H3. The van der Waals surface area contributed by atoms with E-state index in [4.69, 9.17) is 18.9 Å². The summed E-state index contributed by atoms with van der Waals surface area (Å²) in [5, 5.41) is 0. The minimum absolute atomic E-state index is 0.0909. The van der Waals surface area contributed by atoms with Gasteiger partial charge in [0.25, 0.3) is 0 Å². The Labute approximate surface area is 479 Å². The van der Waals surface area contributed by atoms with Gasteiger partial charge >= 0.3 is 0 Å². The molecular formula is C73H72N4O4. The molecule has 81 heavy (non-hydrogen) atoms. The van der Waals surface area contributed by atoms with Crippen LogP contribution in [0.1, 0.15) is 99.9 Å². The van der Waals surface area contributed by atoms with Crippen LogP contribution in [0.4, 0.5) is 0 Å². The van der Waals surface area contributed by atoms with Crippen LogP contribution in [0.5, 0.6) is 23.0 Å². The maximum absolute atomic E-state index is 6.85. The van der Waals surface area contributed by atoms with Gasteiger partial charge in [0.05, 0.1) is 46.5 Å². The minimum Gasteiger partial charge on any atom is -0.493 e. The molecule has 0 heterocycles. The van der Waals surface area contributed by atoms with Gasteiger partial charge < -0.3 is 18.9 Å². The molecule has 0 N–H and O–H groups in total. The van der Waals surface area contributed by atoms with Crippen molar-refractivity contribution in [2.24, 2.45) is 25.4 Å². The van der Waals surface area contributed by atoms with E-state index >= 15 is 0 Å². The molecule has 0 radical (unpaired) electrons. The van der Waals surface area contributed by atoms with Crippen LogP contribution in [-0.4, -0.2) is 74.1 Å². The molecule has 8 heteroatoms. The third-order valence-corrected chi connectivity index (χ3v) is 12.7. The van der Waals surface area contributed by atoms with Crippen LogP contribution >= 0.6 is 0 Å². The van der Waals surface area contributed by atoms with Crippen molar-refractivity contribution in [3.63, 3.8) is 0 Å². The van der Waals surface area contributed by atoms with Crippen LogP contribution < -0.4 is 18.9 Å². The zero-order valence-corrected chi connectivity index (χ0v) is 47.8. The average Bonchev–Trinajstić information content (AvgIpc) is 3.49. The summed E-state index contributed by atoms with van der Waals surface area (Å²) in [5.41, 5.74) is 10.7. The van der Waals surface area contributed by atoms with Crippen molar-refractivity contribution in [2.45, 2.75) is 79.6 Å². The Morgan fingerprint density at radius 1 is 0.272 bits per heavy atom. The van der Waals surface area contributed by atoms with E-state index in [9.17, 15) is 0 Å². The molecule has 0 aliphatic rings. The first-order valence-corrected chi connectivity index (χ1v) is 27.9. The maximum atomic E-state index is 6.85. The van der Waals surface area contributed by atoms with Gasteiger partial charge in [0.2, 0.25) is 0 Å². The first kappa shape index (κ1) is 57.9. The third kappa shape index (κ3) is 17.4. The molecule has 8 rings (SSSR count). The lowest BCUT2D eigenvalue weighted by molar-refractivity contribution is -0.00352. The Morgan fingerprint density at radius 3 is 0.617 bits per heavy atom. The van der Waals surface area contributed by atoms with Gasteiger partial charge in [-0.3, -0.25) is 0 Å². The predicted molar refractivity (Wildman–Crippen MR) is 336 cm³/mol. The second kappa shape index (κ2) is 29.1. The molecule has 0 aliphatic heterocycles. The molecule has 0 saturated heterocycles. The molecule has 408 valence electrons. The molecule has 8 aromatic carbocycles. The van der Waals surface area contributed by atoms with E-state index in [2.05, 4.69) is 141 Å². The highest BCUT2D eigenvalue weighted by molar-refractivity contribution is 6.01. The van der Waals surface area contributed by atoms with Gasteiger partial charge in [-0.1, -0.05) is 121 Å². The number of benzene rings is 8. The van der Waals surface area contributed by atoms with Crippen molar-refractivity contribution in [1.29, 1.82) is 0 Å². The summed E-state index contributed by atoms with van der Waals surface area (Å²) in [6.45, 7) is 17.1. The van der Waals surface area contributed by atoms with E-state index in [1.807, 2.05) is 177 Å². The Kier molecular flexibility index (Phi) is 20.8. The third-order valence-electron chi connectivity index (χ3n) is 12.7. The molecule has 0 aliphatic carbocycles. The van der Waals surface area contributed by atoms with E-state index in [-0.39, 0.29) is 50.6 Å². The molecule has 8 nitrogen and oxygen atoms in total. The highest BCUT2D eigenvalue weighted by Gasteiger charge is 2.36. The van der Waals surface area contributed by atoms with E-state index in [1.54, 1.807) is 0 Å². The molecule has 0 bridgehead atoms. The molecule has 0 fully saturated rings. The highest BCUT2D eigenvalue weighted by atomic mass is 16.5. The van der Waals surface area contributed by atoms with Crippen molar-refractivity contribution in [3.05, 3.63) is 263 Å². The minimum atomic E-state index is -0.898. The smallest absolute Gasteiger partial charge is 0.119 e. The van der Waals surface area contributed by atoms with Crippen molar-refractivity contribution >= 4 is 45.8 Å². The summed E-state index contributed by atoms with van der Waals surface area (Å²) in [6.07, 6.45) is 0.